The Morgan fingerprint density at radius 1 is 1.43 bits per heavy atom. The number of hydrogen-bond acceptors (Lipinski definition) is 4. The van der Waals surface area contributed by atoms with Gasteiger partial charge in [0.05, 0.1) is 0 Å². The molecule has 0 aliphatic heterocycles. The second kappa shape index (κ2) is 3.31. The van der Waals surface area contributed by atoms with Crippen LogP contribution in [0.4, 0.5) is 5.95 Å². The zero-order valence-electron chi connectivity index (χ0n) is 7.49. The molecule has 14 heavy (non-hydrogen) atoms. The molecule has 1 aromatic carbocycles. The van der Waals surface area contributed by atoms with Gasteiger partial charge in [-0.05, 0) is 35.8 Å². The Balaban J connectivity index is 2.52. The van der Waals surface area contributed by atoms with Crippen molar-refractivity contribution < 1.29 is 4.52 Å². The van der Waals surface area contributed by atoms with Crippen molar-refractivity contribution in [2.75, 3.05) is 5.73 Å². The summed E-state index contributed by atoms with van der Waals surface area (Å²) >= 11 is 5.82. The molecule has 0 saturated heterocycles. The highest BCUT2D eigenvalue weighted by molar-refractivity contribution is 6.30. The first kappa shape index (κ1) is 9.02. The van der Waals surface area contributed by atoms with Crippen molar-refractivity contribution >= 4 is 17.5 Å². The summed E-state index contributed by atoms with van der Waals surface area (Å²) in [6.07, 6.45) is 0. The maximum Gasteiger partial charge on any atom is 0.261 e. The summed E-state index contributed by atoms with van der Waals surface area (Å²) in [6, 6.07) is 5.42. The van der Waals surface area contributed by atoms with Gasteiger partial charge in [0.25, 0.3) is 11.8 Å². The molecule has 0 aliphatic carbocycles. The molecule has 1 heterocycles. The molecule has 0 radical (unpaired) electrons. The fraction of sp³-hybridized carbons (Fsp3) is 0.111. The fourth-order valence-corrected chi connectivity index (χ4v) is 1.44. The van der Waals surface area contributed by atoms with Crippen molar-refractivity contribution in [3.8, 4) is 11.5 Å². The van der Waals surface area contributed by atoms with Gasteiger partial charge in [-0.2, -0.15) is 4.98 Å². The Hall–Kier alpha value is -1.55. The van der Waals surface area contributed by atoms with Crippen molar-refractivity contribution in [2.24, 2.45) is 0 Å². The minimum atomic E-state index is 0.134. The molecule has 72 valence electrons. The van der Waals surface area contributed by atoms with Crippen molar-refractivity contribution in [1.82, 2.24) is 10.1 Å². The standard InChI is InChI=1S/C9H8ClN3O/c1-5-4-6(10)2-3-7(5)8-12-9(11)13-14-8/h2-4H,1H3,(H2,11,13). The number of aryl methyl sites for hydroxylation is 1. The number of halogens is 1. The van der Waals surface area contributed by atoms with Crippen LogP contribution in [0.2, 0.25) is 5.02 Å². The van der Waals surface area contributed by atoms with E-state index in [9.17, 15) is 0 Å². The summed E-state index contributed by atoms with van der Waals surface area (Å²) in [5.74, 6) is 0.547. The summed E-state index contributed by atoms with van der Waals surface area (Å²) < 4.78 is 4.94. The minimum Gasteiger partial charge on any atom is -0.365 e. The zero-order valence-corrected chi connectivity index (χ0v) is 8.25. The third kappa shape index (κ3) is 1.56. The van der Waals surface area contributed by atoms with Crippen LogP contribution in [-0.4, -0.2) is 10.1 Å². The molecule has 0 spiro atoms. The molecule has 0 bridgehead atoms. The number of nitrogens with two attached hydrogens (primary N) is 1. The number of nitrogens with zero attached hydrogens (tertiary/aromatic N) is 2. The van der Waals surface area contributed by atoms with Gasteiger partial charge < -0.3 is 10.3 Å². The lowest BCUT2D eigenvalue weighted by Crippen LogP contribution is -1.86. The van der Waals surface area contributed by atoms with Crippen LogP contribution in [0.15, 0.2) is 22.7 Å². The first-order chi connectivity index (χ1) is 6.66. The maximum absolute atomic E-state index is 5.82. The number of nitrogen functional groups attached to an aromatic ring is 1. The van der Waals surface area contributed by atoms with Crippen molar-refractivity contribution in [1.29, 1.82) is 0 Å². The van der Waals surface area contributed by atoms with Gasteiger partial charge in [0, 0.05) is 10.6 Å². The van der Waals surface area contributed by atoms with E-state index in [-0.39, 0.29) is 5.95 Å². The van der Waals surface area contributed by atoms with Gasteiger partial charge in [-0.3, -0.25) is 0 Å². The van der Waals surface area contributed by atoms with Gasteiger partial charge in [0.1, 0.15) is 0 Å². The summed E-state index contributed by atoms with van der Waals surface area (Å²) in [7, 11) is 0. The average molecular weight is 210 g/mol. The molecule has 0 atom stereocenters. The first-order valence-corrected chi connectivity index (χ1v) is 4.40. The number of rotatable bonds is 1. The van der Waals surface area contributed by atoms with E-state index < -0.39 is 0 Å². The molecule has 2 rings (SSSR count). The van der Waals surface area contributed by atoms with Gasteiger partial charge >= 0.3 is 0 Å². The van der Waals surface area contributed by atoms with Crippen molar-refractivity contribution in [3.63, 3.8) is 0 Å². The minimum absolute atomic E-state index is 0.134. The molecule has 2 N–H and O–H groups in total. The molecule has 4 nitrogen and oxygen atoms in total. The molecular formula is C9H8ClN3O. The van der Waals surface area contributed by atoms with Gasteiger partial charge in [0.2, 0.25) is 0 Å². The third-order valence-corrected chi connectivity index (χ3v) is 2.10. The summed E-state index contributed by atoms with van der Waals surface area (Å²) in [6.45, 7) is 1.92. The van der Waals surface area contributed by atoms with E-state index in [1.807, 2.05) is 19.1 Å². The Morgan fingerprint density at radius 2 is 2.21 bits per heavy atom. The zero-order chi connectivity index (χ0) is 10.1. The van der Waals surface area contributed by atoms with Crippen LogP contribution in [0.1, 0.15) is 5.56 Å². The Kier molecular flexibility index (Phi) is 2.13. The Labute approximate surface area is 85.7 Å². The quantitative estimate of drug-likeness (QED) is 0.783. The lowest BCUT2D eigenvalue weighted by Gasteiger charge is -1.99. The van der Waals surface area contributed by atoms with Crippen molar-refractivity contribution in [3.05, 3.63) is 28.8 Å². The topological polar surface area (TPSA) is 64.9 Å². The van der Waals surface area contributed by atoms with E-state index in [1.165, 1.54) is 0 Å². The van der Waals surface area contributed by atoms with Crippen LogP contribution in [0.5, 0.6) is 0 Å². The highest BCUT2D eigenvalue weighted by Gasteiger charge is 2.09. The predicted octanol–water partition coefficient (Wildman–Crippen LogP) is 2.28. The van der Waals surface area contributed by atoms with Crippen molar-refractivity contribution in [2.45, 2.75) is 6.92 Å². The van der Waals surface area contributed by atoms with Gasteiger partial charge in [-0.25, -0.2) is 0 Å². The van der Waals surface area contributed by atoms with E-state index in [1.54, 1.807) is 6.07 Å². The monoisotopic (exact) mass is 209 g/mol. The smallest absolute Gasteiger partial charge is 0.261 e. The van der Waals surface area contributed by atoms with E-state index >= 15 is 0 Å². The first-order valence-electron chi connectivity index (χ1n) is 4.02. The second-order valence-corrected chi connectivity index (χ2v) is 3.35. The lowest BCUT2D eigenvalue weighted by atomic mass is 10.1. The molecule has 0 amide bonds. The number of anilines is 1. The van der Waals surface area contributed by atoms with Crippen LogP contribution >= 0.6 is 11.6 Å². The fourth-order valence-electron chi connectivity index (χ4n) is 1.21. The van der Waals surface area contributed by atoms with E-state index in [0.717, 1.165) is 11.1 Å². The summed E-state index contributed by atoms with van der Waals surface area (Å²) in [5.41, 5.74) is 7.17. The molecule has 0 saturated carbocycles. The number of benzene rings is 1. The number of aromatic nitrogens is 2. The molecular weight excluding hydrogens is 202 g/mol. The van der Waals surface area contributed by atoms with Gasteiger partial charge in [0.15, 0.2) is 0 Å². The molecule has 5 heteroatoms. The molecule has 0 unspecified atom stereocenters. The molecule has 2 aromatic rings. The van der Waals surface area contributed by atoms with Crippen LogP contribution in [0, 0.1) is 6.92 Å². The van der Waals surface area contributed by atoms with E-state index in [2.05, 4.69) is 10.1 Å². The molecule has 0 fully saturated rings. The predicted molar refractivity (Wildman–Crippen MR) is 53.9 cm³/mol. The molecule has 1 aromatic heterocycles. The normalized spacial score (nSPS) is 10.4. The van der Waals surface area contributed by atoms with Crippen LogP contribution in [-0.2, 0) is 0 Å². The lowest BCUT2D eigenvalue weighted by molar-refractivity contribution is 0.433. The van der Waals surface area contributed by atoms with Crippen LogP contribution < -0.4 is 5.73 Å². The van der Waals surface area contributed by atoms with E-state index in [4.69, 9.17) is 21.9 Å². The van der Waals surface area contributed by atoms with Crippen LogP contribution in [0.3, 0.4) is 0 Å². The average Bonchev–Trinajstić information content (AvgIpc) is 2.51. The SMILES string of the molecule is Cc1cc(Cl)ccc1-c1nc(N)no1. The maximum atomic E-state index is 5.82. The summed E-state index contributed by atoms with van der Waals surface area (Å²) in [5, 5.41) is 4.19. The Bertz CT molecular complexity index is 467. The highest BCUT2D eigenvalue weighted by atomic mass is 35.5. The molecule has 0 aliphatic rings. The van der Waals surface area contributed by atoms with Gasteiger partial charge in [-0.15, -0.1) is 0 Å². The third-order valence-electron chi connectivity index (χ3n) is 1.86. The van der Waals surface area contributed by atoms with Crippen LogP contribution in [0.25, 0.3) is 11.5 Å². The second-order valence-electron chi connectivity index (χ2n) is 2.92. The van der Waals surface area contributed by atoms with E-state index in [0.29, 0.717) is 10.9 Å². The Morgan fingerprint density at radius 3 is 2.79 bits per heavy atom. The summed E-state index contributed by atoms with van der Waals surface area (Å²) in [4.78, 5) is 3.93. The number of hydrogen-bond donors (Lipinski definition) is 1. The highest BCUT2D eigenvalue weighted by Crippen LogP contribution is 2.24. The van der Waals surface area contributed by atoms with Gasteiger partial charge in [-0.1, -0.05) is 11.6 Å². The largest absolute Gasteiger partial charge is 0.365 e.